The molecule has 0 spiro atoms. The van der Waals surface area contributed by atoms with Crippen LogP contribution < -0.4 is 11.1 Å². The molecule has 2 aromatic carbocycles. The first-order valence-corrected chi connectivity index (χ1v) is 11.6. The Hall–Kier alpha value is -2.95. The minimum Gasteiger partial charge on any atom is -0.451 e. The van der Waals surface area contributed by atoms with E-state index in [1.807, 2.05) is 0 Å². The molecule has 2 unspecified atom stereocenters. The number of sulfonamides is 1. The van der Waals surface area contributed by atoms with E-state index < -0.39 is 40.0 Å². The maximum atomic E-state index is 13.0. The quantitative estimate of drug-likeness (QED) is 0.584. The van der Waals surface area contributed by atoms with Crippen molar-refractivity contribution in [1.29, 1.82) is 0 Å². The molecule has 1 aliphatic heterocycles. The second-order valence-corrected chi connectivity index (χ2v) is 9.56. The molecule has 2 atom stereocenters. The number of nitrogens with one attached hydrogen (secondary N) is 1. The van der Waals surface area contributed by atoms with Crippen LogP contribution in [0, 0.1) is 0 Å². The highest BCUT2D eigenvalue weighted by atomic mass is 35.5. The van der Waals surface area contributed by atoms with Gasteiger partial charge in [0.05, 0.1) is 4.90 Å². The van der Waals surface area contributed by atoms with E-state index in [1.54, 1.807) is 0 Å². The number of esters is 1. The van der Waals surface area contributed by atoms with Gasteiger partial charge in [0.1, 0.15) is 6.04 Å². The van der Waals surface area contributed by atoms with E-state index in [4.69, 9.17) is 22.1 Å². The summed E-state index contributed by atoms with van der Waals surface area (Å²) in [4.78, 5) is 36.2. The van der Waals surface area contributed by atoms with Gasteiger partial charge >= 0.3 is 5.97 Å². The number of ether oxygens (including phenoxy) is 1. The third-order valence-corrected chi connectivity index (χ3v) is 7.17. The van der Waals surface area contributed by atoms with Crippen molar-refractivity contribution in [2.45, 2.75) is 36.8 Å². The molecule has 170 valence electrons. The third kappa shape index (κ3) is 5.26. The zero-order valence-electron chi connectivity index (χ0n) is 17.2. The fraction of sp³-hybridized carbons (Fsp3) is 0.286. The van der Waals surface area contributed by atoms with Crippen molar-refractivity contribution < 1.29 is 27.5 Å². The standard InChI is InChI=1S/C21H22ClN3O6S/c1-13(20(27)24-16-8-4-14(5-9-16)19(23)26)31-21(28)18-3-2-12-25(18)32(29,30)17-10-6-15(22)7-11-17/h4-11,13,18H,2-3,12H2,1H3,(H2,23,26)(H,24,27). The largest absolute Gasteiger partial charge is 0.451 e. The van der Waals surface area contributed by atoms with E-state index in [1.165, 1.54) is 55.5 Å². The fourth-order valence-corrected chi connectivity index (χ4v) is 5.05. The van der Waals surface area contributed by atoms with Crippen LogP contribution in [0.5, 0.6) is 0 Å². The summed E-state index contributed by atoms with van der Waals surface area (Å²) in [6.45, 7) is 1.55. The van der Waals surface area contributed by atoms with Gasteiger partial charge in [0, 0.05) is 22.8 Å². The highest BCUT2D eigenvalue weighted by Crippen LogP contribution is 2.28. The predicted octanol–water partition coefficient (Wildman–Crippen LogP) is 2.16. The van der Waals surface area contributed by atoms with Crippen LogP contribution in [0.1, 0.15) is 30.1 Å². The number of nitrogens with zero attached hydrogens (tertiary/aromatic N) is 1. The molecule has 2 amide bonds. The van der Waals surface area contributed by atoms with E-state index in [9.17, 15) is 22.8 Å². The van der Waals surface area contributed by atoms with Crippen LogP contribution in [0.4, 0.5) is 5.69 Å². The molecule has 11 heteroatoms. The maximum Gasteiger partial charge on any atom is 0.325 e. The number of benzene rings is 2. The Bertz CT molecular complexity index is 1120. The summed E-state index contributed by atoms with van der Waals surface area (Å²) in [7, 11) is -3.93. The Labute approximate surface area is 190 Å². The number of amides is 2. The van der Waals surface area contributed by atoms with Crippen molar-refractivity contribution in [3.63, 3.8) is 0 Å². The van der Waals surface area contributed by atoms with E-state index in [0.717, 1.165) is 4.31 Å². The predicted molar refractivity (Wildman–Crippen MR) is 118 cm³/mol. The molecule has 1 aliphatic rings. The lowest BCUT2D eigenvalue weighted by Gasteiger charge is -2.24. The van der Waals surface area contributed by atoms with Crippen molar-refractivity contribution in [1.82, 2.24) is 4.31 Å². The summed E-state index contributed by atoms with van der Waals surface area (Å²) in [6.07, 6.45) is -0.396. The van der Waals surface area contributed by atoms with Crippen LogP contribution in [0.25, 0.3) is 0 Å². The van der Waals surface area contributed by atoms with Gasteiger partial charge < -0.3 is 15.8 Å². The second kappa shape index (κ2) is 9.68. The molecule has 1 fully saturated rings. The first-order chi connectivity index (χ1) is 15.1. The van der Waals surface area contributed by atoms with Gasteiger partial charge in [0.25, 0.3) is 5.91 Å². The van der Waals surface area contributed by atoms with Crippen LogP contribution >= 0.6 is 11.6 Å². The van der Waals surface area contributed by atoms with Crippen molar-refractivity contribution >= 4 is 45.1 Å². The summed E-state index contributed by atoms with van der Waals surface area (Å²) in [5, 5.41) is 2.96. The van der Waals surface area contributed by atoms with Gasteiger partial charge in [-0.15, -0.1) is 0 Å². The summed E-state index contributed by atoms with van der Waals surface area (Å²) in [5.41, 5.74) is 5.84. The third-order valence-electron chi connectivity index (χ3n) is 5.00. The molecule has 0 bridgehead atoms. The van der Waals surface area contributed by atoms with Gasteiger partial charge in [-0.05, 0) is 68.3 Å². The normalized spacial score (nSPS) is 17.5. The van der Waals surface area contributed by atoms with E-state index in [2.05, 4.69) is 5.32 Å². The molecule has 0 aliphatic carbocycles. The molecule has 9 nitrogen and oxygen atoms in total. The van der Waals surface area contributed by atoms with Gasteiger partial charge in [-0.2, -0.15) is 4.31 Å². The Morgan fingerprint density at radius 3 is 2.34 bits per heavy atom. The lowest BCUT2D eigenvalue weighted by Crippen LogP contribution is -2.43. The van der Waals surface area contributed by atoms with Gasteiger partial charge in [0.15, 0.2) is 6.10 Å². The average molecular weight is 480 g/mol. The zero-order chi connectivity index (χ0) is 23.5. The van der Waals surface area contributed by atoms with Crippen LogP contribution in [0.15, 0.2) is 53.4 Å². The zero-order valence-corrected chi connectivity index (χ0v) is 18.7. The maximum absolute atomic E-state index is 13.0. The van der Waals surface area contributed by atoms with Gasteiger partial charge in [0.2, 0.25) is 15.9 Å². The van der Waals surface area contributed by atoms with E-state index in [-0.39, 0.29) is 23.4 Å². The first-order valence-electron chi connectivity index (χ1n) is 9.78. The summed E-state index contributed by atoms with van der Waals surface area (Å²) in [6, 6.07) is 10.5. The molecule has 0 aromatic heterocycles. The van der Waals surface area contributed by atoms with Crippen LogP contribution in [0.3, 0.4) is 0 Å². The van der Waals surface area contributed by atoms with Crippen molar-refractivity contribution in [3.8, 4) is 0 Å². The van der Waals surface area contributed by atoms with E-state index >= 15 is 0 Å². The van der Waals surface area contributed by atoms with Crippen molar-refractivity contribution in [3.05, 3.63) is 59.1 Å². The van der Waals surface area contributed by atoms with Crippen molar-refractivity contribution in [2.75, 3.05) is 11.9 Å². The number of anilines is 1. The Morgan fingerprint density at radius 2 is 1.75 bits per heavy atom. The minimum absolute atomic E-state index is 0.0202. The Kier molecular flexibility index (Phi) is 7.17. The van der Waals surface area contributed by atoms with Gasteiger partial charge in [-0.1, -0.05) is 11.6 Å². The second-order valence-electron chi connectivity index (χ2n) is 7.24. The molecule has 0 radical (unpaired) electrons. The average Bonchev–Trinajstić information content (AvgIpc) is 3.25. The lowest BCUT2D eigenvalue weighted by molar-refractivity contribution is -0.156. The molecular formula is C21H22ClN3O6S. The molecule has 32 heavy (non-hydrogen) atoms. The van der Waals surface area contributed by atoms with Crippen molar-refractivity contribution in [2.24, 2.45) is 5.73 Å². The van der Waals surface area contributed by atoms with Crippen LogP contribution in [-0.2, 0) is 24.3 Å². The number of primary amides is 1. The molecule has 0 saturated carbocycles. The van der Waals surface area contributed by atoms with Crippen LogP contribution in [-0.4, -0.2) is 49.2 Å². The Balaban J connectivity index is 1.65. The number of nitrogens with two attached hydrogens (primary N) is 1. The number of hydrogen-bond acceptors (Lipinski definition) is 6. The lowest BCUT2D eigenvalue weighted by atomic mass is 10.2. The summed E-state index contributed by atoms with van der Waals surface area (Å²) < 4.78 is 32.3. The number of carbonyl (C=O) groups is 3. The minimum atomic E-state index is -3.93. The summed E-state index contributed by atoms with van der Waals surface area (Å²) >= 11 is 5.83. The number of hydrogen-bond donors (Lipinski definition) is 2. The molecule has 2 aromatic rings. The van der Waals surface area contributed by atoms with Crippen LogP contribution in [0.2, 0.25) is 5.02 Å². The van der Waals surface area contributed by atoms with Gasteiger partial charge in [-0.25, -0.2) is 8.42 Å². The monoisotopic (exact) mass is 479 g/mol. The molecular weight excluding hydrogens is 458 g/mol. The number of carbonyl (C=O) groups excluding carboxylic acids is 3. The topological polar surface area (TPSA) is 136 Å². The molecule has 1 saturated heterocycles. The first kappa shape index (κ1) is 23.7. The highest BCUT2D eigenvalue weighted by Gasteiger charge is 2.41. The highest BCUT2D eigenvalue weighted by molar-refractivity contribution is 7.89. The molecule has 3 N–H and O–H groups in total. The number of rotatable bonds is 7. The smallest absolute Gasteiger partial charge is 0.325 e. The number of halogens is 1. The fourth-order valence-electron chi connectivity index (χ4n) is 3.27. The summed E-state index contributed by atoms with van der Waals surface area (Å²) in [5.74, 6) is -2.00. The SMILES string of the molecule is CC(OC(=O)C1CCCN1S(=O)(=O)c1ccc(Cl)cc1)C(=O)Nc1ccc(C(N)=O)cc1. The Morgan fingerprint density at radius 1 is 1.12 bits per heavy atom. The van der Waals surface area contributed by atoms with E-state index in [0.29, 0.717) is 17.1 Å². The van der Waals surface area contributed by atoms with Gasteiger partial charge in [-0.3, -0.25) is 14.4 Å². The molecule has 1 heterocycles. The molecule has 3 rings (SSSR count).